The first kappa shape index (κ1) is 27.8. The first-order chi connectivity index (χ1) is 20.1. The van der Waals surface area contributed by atoms with Crippen molar-refractivity contribution in [3.63, 3.8) is 0 Å². The number of aromatic nitrogens is 1. The monoisotopic (exact) mass is 581 g/mol. The zero-order valence-corrected chi connectivity index (χ0v) is 22.4. The lowest BCUT2D eigenvalue weighted by atomic mass is 9.98. The van der Waals surface area contributed by atoms with Crippen LogP contribution in [0.15, 0.2) is 60.7 Å². The molecule has 2 aliphatic heterocycles. The molecule has 3 aromatic rings. The number of carboxylic acid groups (broad SMARTS) is 1. The van der Waals surface area contributed by atoms with Gasteiger partial charge in [0.25, 0.3) is 5.91 Å². The highest BCUT2D eigenvalue weighted by Gasteiger charge is 2.56. The van der Waals surface area contributed by atoms with E-state index in [0.717, 1.165) is 17.7 Å². The number of hydrogen-bond donors (Lipinski definition) is 2. The lowest BCUT2D eigenvalue weighted by Crippen LogP contribution is -2.48. The molecule has 1 aliphatic carbocycles. The summed E-state index contributed by atoms with van der Waals surface area (Å²) in [6.45, 7) is 1.28. The lowest BCUT2D eigenvalue weighted by molar-refractivity contribution is -0.255. The summed E-state index contributed by atoms with van der Waals surface area (Å²) in [5.74, 6) is -1.91. The predicted octanol–water partition coefficient (Wildman–Crippen LogP) is 2.82. The number of aromatic carboxylic acids is 1. The van der Waals surface area contributed by atoms with Crippen LogP contribution in [0.1, 0.15) is 56.1 Å². The molecule has 9 nitrogen and oxygen atoms in total. The maximum absolute atomic E-state index is 13.6. The van der Waals surface area contributed by atoms with Gasteiger partial charge in [-0.05, 0) is 48.6 Å². The molecule has 0 unspecified atom stereocenters. The van der Waals surface area contributed by atoms with Crippen molar-refractivity contribution in [2.75, 3.05) is 13.1 Å². The quantitative estimate of drug-likeness (QED) is 0.423. The Morgan fingerprint density at radius 2 is 1.88 bits per heavy atom. The van der Waals surface area contributed by atoms with Crippen molar-refractivity contribution in [2.24, 2.45) is 0 Å². The third kappa shape index (κ3) is 5.11. The molecule has 1 saturated carbocycles. The van der Waals surface area contributed by atoms with Crippen molar-refractivity contribution < 1.29 is 37.4 Å². The Morgan fingerprint density at radius 3 is 2.57 bits per heavy atom. The molecule has 2 atom stereocenters. The van der Waals surface area contributed by atoms with E-state index >= 15 is 0 Å². The van der Waals surface area contributed by atoms with Crippen LogP contribution in [0.3, 0.4) is 0 Å². The molecule has 2 N–H and O–H groups in total. The van der Waals surface area contributed by atoms with Crippen LogP contribution < -0.4 is 15.7 Å². The van der Waals surface area contributed by atoms with Gasteiger partial charge in [0.2, 0.25) is 0 Å². The van der Waals surface area contributed by atoms with Crippen LogP contribution in [0.5, 0.6) is 0 Å². The molecule has 0 spiro atoms. The number of nitrogens with zero attached hydrogens (tertiary/aromatic N) is 2. The third-order valence-electron chi connectivity index (χ3n) is 8.33. The molecule has 2 fully saturated rings. The average molecular weight is 582 g/mol. The van der Waals surface area contributed by atoms with Gasteiger partial charge in [0.05, 0.1) is 29.7 Å². The molecule has 2 amide bonds. The summed E-state index contributed by atoms with van der Waals surface area (Å²) in [7, 11) is 0. The number of benzene rings is 2. The fourth-order valence-electron chi connectivity index (χ4n) is 6.04. The minimum atomic E-state index is -4.52. The van der Waals surface area contributed by atoms with E-state index in [9.17, 15) is 32.7 Å². The number of fused-ring (bicyclic) bond motifs is 1. The van der Waals surface area contributed by atoms with E-state index in [1.54, 1.807) is 10.6 Å². The number of carbonyl (C=O) groups is 3. The van der Waals surface area contributed by atoms with Gasteiger partial charge < -0.3 is 29.8 Å². The number of nitrogens with one attached hydrogen (secondary N) is 2. The Kier molecular flexibility index (Phi) is 6.96. The van der Waals surface area contributed by atoms with E-state index in [4.69, 9.17) is 4.74 Å². The standard InChI is InChI=1S/C30H29F3N4O5/c31-30(32,33)20-8-4-7-19(14-20)29(9-10-29)37-17-25(42-28(37)41)22(13-18-5-2-1-3-6-18)35-26(38)23-15-21(27(39)40)24-16-34-11-12-36(23)24/h1-8,14-15,22,25,34H,9-13,16-17H2,(H,35,38)(H,39,40)/p-1/t22-,25+/m0/s1. The lowest BCUT2D eigenvalue weighted by Gasteiger charge is -2.28. The Labute approximate surface area is 239 Å². The molecule has 42 heavy (non-hydrogen) atoms. The summed E-state index contributed by atoms with van der Waals surface area (Å²) in [4.78, 5) is 40.0. The molecule has 3 aliphatic rings. The van der Waals surface area contributed by atoms with Crippen molar-refractivity contribution in [1.29, 1.82) is 0 Å². The summed E-state index contributed by atoms with van der Waals surface area (Å²) in [6.07, 6.45) is -4.70. The van der Waals surface area contributed by atoms with Crippen molar-refractivity contribution >= 4 is 18.0 Å². The normalized spacial score (nSPS) is 20.0. The molecule has 220 valence electrons. The number of cyclic esters (lactones) is 1. The largest absolute Gasteiger partial charge is 0.545 e. The molecule has 0 radical (unpaired) electrons. The van der Waals surface area contributed by atoms with Crippen molar-refractivity contribution in [3.8, 4) is 0 Å². The van der Waals surface area contributed by atoms with Gasteiger partial charge >= 0.3 is 12.3 Å². The number of amides is 2. The Hall–Kier alpha value is -4.32. The highest BCUT2D eigenvalue weighted by atomic mass is 19.4. The van der Waals surface area contributed by atoms with Gasteiger partial charge in [-0.2, -0.15) is 13.2 Å². The molecule has 12 heteroatoms. The number of carbonyl (C=O) groups excluding carboxylic acids is 3. The maximum Gasteiger partial charge on any atom is 0.416 e. The molecule has 2 aromatic carbocycles. The SMILES string of the molecule is O=C([O-])c1cc(C(=O)N[C@@H](Cc2ccccc2)[C@H]2CN(C3(c4cccc(C(F)(F)F)c4)CC3)C(=O)O2)n2c1CNCC2. The first-order valence-corrected chi connectivity index (χ1v) is 13.7. The summed E-state index contributed by atoms with van der Waals surface area (Å²) < 4.78 is 47.7. The first-order valence-electron chi connectivity index (χ1n) is 13.7. The second kappa shape index (κ2) is 10.5. The van der Waals surface area contributed by atoms with Crippen LogP contribution in [0.25, 0.3) is 0 Å². The van der Waals surface area contributed by atoms with Gasteiger partial charge in [-0.25, -0.2) is 4.79 Å². The topological polar surface area (TPSA) is 116 Å². The minimum absolute atomic E-state index is 0.0628. The van der Waals surface area contributed by atoms with Gasteiger partial charge in [0.1, 0.15) is 11.8 Å². The van der Waals surface area contributed by atoms with Gasteiger partial charge in [-0.15, -0.1) is 0 Å². The van der Waals surface area contributed by atoms with Crippen molar-refractivity contribution in [1.82, 2.24) is 20.1 Å². The van der Waals surface area contributed by atoms with Gasteiger partial charge in [-0.3, -0.25) is 9.69 Å². The molecule has 6 rings (SSSR count). The minimum Gasteiger partial charge on any atom is -0.545 e. The van der Waals surface area contributed by atoms with Crippen LogP contribution in [-0.4, -0.2) is 52.7 Å². The summed E-state index contributed by atoms with van der Waals surface area (Å²) >= 11 is 0. The zero-order valence-electron chi connectivity index (χ0n) is 22.4. The Balaban J connectivity index is 1.28. The predicted molar refractivity (Wildman–Crippen MR) is 141 cm³/mol. The molecule has 1 saturated heterocycles. The van der Waals surface area contributed by atoms with E-state index in [1.807, 2.05) is 30.3 Å². The van der Waals surface area contributed by atoms with Crippen LogP contribution in [0.4, 0.5) is 18.0 Å². The van der Waals surface area contributed by atoms with Crippen molar-refractivity contribution in [3.05, 3.63) is 94.3 Å². The fraction of sp³-hybridized carbons (Fsp3) is 0.367. The molecule has 0 bridgehead atoms. The Morgan fingerprint density at radius 1 is 1.12 bits per heavy atom. The van der Waals surface area contributed by atoms with E-state index in [1.165, 1.54) is 17.0 Å². The average Bonchev–Trinajstić information content (AvgIpc) is 3.53. The van der Waals surface area contributed by atoms with Crippen LogP contribution in [0.2, 0.25) is 0 Å². The summed E-state index contributed by atoms with van der Waals surface area (Å²) in [5, 5.41) is 17.8. The number of halogens is 3. The van der Waals surface area contributed by atoms with E-state index in [2.05, 4.69) is 10.6 Å². The van der Waals surface area contributed by atoms with E-state index in [0.29, 0.717) is 43.6 Å². The van der Waals surface area contributed by atoms with Crippen LogP contribution >= 0.6 is 0 Å². The maximum atomic E-state index is 13.6. The number of alkyl halides is 3. The summed E-state index contributed by atoms with van der Waals surface area (Å²) in [5.41, 5.74) is 0.1000. The van der Waals surface area contributed by atoms with Crippen LogP contribution in [0, 0.1) is 0 Å². The second-order valence-corrected chi connectivity index (χ2v) is 10.9. The smallest absolute Gasteiger partial charge is 0.416 e. The zero-order chi connectivity index (χ0) is 29.6. The molecular weight excluding hydrogens is 553 g/mol. The van der Waals surface area contributed by atoms with Gasteiger partial charge in [-0.1, -0.05) is 42.5 Å². The summed E-state index contributed by atoms with van der Waals surface area (Å²) in [6, 6.07) is 14.9. The molecule has 1 aromatic heterocycles. The molecule has 3 heterocycles. The van der Waals surface area contributed by atoms with Crippen molar-refractivity contribution in [2.45, 2.75) is 56.2 Å². The third-order valence-corrected chi connectivity index (χ3v) is 8.33. The van der Waals surface area contributed by atoms with Gasteiger partial charge in [0, 0.05) is 30.9 Å². The van der Waals surface area contributed by atoms with E-state index < -0.39 is 47.4 Å². The Bertz CT molecular complexity index is 1530. The van der Waals surface area contributed by atoms with Gasteiger partial charge in [0.15, 0.2) is 0 Å². The number of ether oxygens (including phenoxy) is 1. The molecular formula is C30H28F3N4O5-. The fourth-order valence-corrected chi connectivity index (χ4v) is 6.04. The van der Waals surface area contributed by atoms with E-state index in [-0.39, 0.29) is 24.3 Å². The highest BCUT2D eigenvalue weighted by molar-refractivity contribution is 5.97. The number of rotatable bonds is 8. The second-order valence-electron chi connectivity index (χ2n) is 10.9. The highest BCUT2D eigenvalue weighted by Crippen LogP contribution is 2.53. The van der Waals surface area contributed by atoms with Crippen LogP contribution in [-0.2, 0) is 36.0 Å². The number of carboxylic acids is 1. The number of hydrogen-bond acceptors (Lipinski definition) is 6.